The Morgan fingerprint density at radius 3 is 2.81 bits per heavy atom. The van der Waals surface area contributed by atoms with Gasteiger partial charge in [-0.25, -0.2) is 0 Å². The van der Waals surface area contributed by atoms with Crippen molar-refractivity contribution < 1.29 is 10.2 Å². The number of phenols is 1. The van der Waals surface area contributed by atoms with Gasteiger partial charge in [-0.3, -0.25) is 0 Å². The molecule has 0 spiro atoms. The molecule has 1 fully saturated rings. The van der Waals surface area contributed by atoms with E-state index in [9.17, 15) is 10.2 Å². The second kappa shape index (κ2) is 4.07. The molecule has 2 atom stereocenters. The number of hydrogen-bond donors (Lipinski definition) is 2. The highest BCUT2D eigenvalue weighted by Crippen LogP contribution is 2.37. The Morgan fingerprint density at radius 1 is 1.44 bits per heavy atom. The van der Waals surface area contributed by atoms with Crippen molar-refractivity contribution in [3.05, 3.63) is 29.8 Å². The average molecular weight is 221 g/mol. The zero-order valence-electron chi connectivity index (χ0n) is 9.85. The number of aromatic hydroxyl groups is 1. The van der Waals surface area contributed by atoms with Crippen LogP contribution < -0.4 is 0 Å². The standard InChI is InChI=1S/C13H19NO2/c1-10-9-14(2)7-6-13(10,16)11-4-3-5-12(15)8-11/h3-5,8,10,15-16H,6-7,9H2,1-2H3/t10-,13+/m0/s1. The zero-order valence-corrected chi connectivity index (χ0v) is 9.85. The van der Waals surface area contributed by atoms with Crippen LogP contribution in [0.25, 0.3) is 0 Å². The normalized spacial score (nSPS) is 31.6. The summed E-state index contributed by atoms with van der Waals surface area (Å²) in [7, 11) is 2.07. The number of benzene rings is 1. The van der Waals surface area contributed by atoms with Gasteiger partial charge in [0.25, 0.3) is 0 Å². The summed E-state index contributed by atoms with van der Waals surface area (Å²) in [5, 5.41) is 20.2. The minimum Gasteiger partial charge on any atom is -0.508 e. The largest absolute Gasteiger partial charge is 0.508 e. The molecule has 1 aliphatic heterocycles. The molecule has 3 heteroatoms. The smallest absolute Gasteiger partial charge is 0.115 e. The second-order valence-electron chi connectivity index (χ2n) is 4.89. The maximum atomic E-state index is 10.7. The summed E-state index contributed by atoms with van der Waals surface area (Å²) in [6.45, 7) is 3.82. The molecule has 0 saturated carbocycles. The molecule has 0 amide bonds. The van der Waals surface area contributed by atoms with Gasteiger partial charge in [0.05, 0.1) is 5.60 Å². The van der Waals surface area contributed by atoms with Gasteiger partial charge in [-0.1, -0.05) is 19.1 Å². The molecule has 1 aromatic carbocycles. The fourth-order valence-corrected chi connectivity index (χ4v) is 2.52. The first-order valence-electron chi connectivity index (χ1n) is 5.73. The van der Waals surface area contributed by atoms with E-state index in [1.807, 2.05) is 6.07 Å². The maximum Gasteiger partial charge on any atom is 0.115 e. The number of aliphatic hydroxyl groups is 1. The van der Waals surface area contributed by atoms with Crippen molar-refractivity contribution in [1.82, 2.24) is 4.90 Å². The molecule has 88 valence electrons. The summed E-state index contributed by atoms with van der Waals surface area (Å²) >= 11 is 0. The van der Waals surface area contributed by atoms with E-state index in [1.54, 1.807) is 18.2 Å². The number of phenolic OH excluding ortho intramolecular Hbond substituents is 1. The molecule has 0 aromatic heterocycles. The fourth-order valence-electron chi connectivity index (χ4n) is 2.52. The quantitative estimate of drug-likeness (QED) is 0.756. The van der Waals surface area contributed by atoms with E-state index in [1.165, 1.54) is 0 Å². The summed E-state index contributed by atoms with van der Waals surface area (Å²) in [4.78, 5) is 2.22. The van der Waals surface area contributed by atoms with E-state index in [0.29, 0.717) is 6.42 Å². The predicted octanol–water partition coefficient (Wildman–Crippen LogP) is 1.55. The van der Waals surface area contributed by atoms with E-state index in [-0.39, 0.29) is 11.7 Å². The summed E-state index contributed by atoms with van der Waals surface area (Å²) < 4.78 is 0. The topological polar surface area (TPSA) is 43.7 Å². The molecule has 1 aromatic rings. The van der Waals surface area contributed by atoms with Gasteiger partial charge >= 0.3 is 0 Å². The minimum absolute atomic E-state index is 0.174. The highest BCUT2D eigenvalue weighted by molar-refractivity contribution is 5.32. The second-order valence-corrected chi connectivity index (χ2v) is 4.89. The molecule has 3 nitrogen and oxygen atoms in total. The lowest BCUT2D eigenvalue weighted by Gasteiger charge is -2.42. The molecule has 2 N–H and O–H groups in total. The van der Waals surface area contributed by atoms with Gasteiger partial charge in [0.15, 0.2) is 0 Å². The molecule has 0 aliphatic carbocycles. The third-order valence-corrected chi connectivity index (χ3v) is 3.62. The number of likely N-dealkylation sites (tertiary alicyclic amines) is 1. The van der Waals surface area contributed by atoms with Crippen LogP contribution in [0.1, 0.15) is 18.9 Å². The first-order valence-corrected chi connectivity index (χ1v) is 5.73. The third kappa shape index (κ3) is 1.93. The molecule has 1 aliphatic rings. The maximum absolute atomic E-state index is 10.7. The molecule has 1 saturated heterocycles. The monoisotopic (exact) mass is 221 g/mol. The third-order valence-electron chi connectivity index (χ3n) is 3.62. The van der Waals surface area contributed by atoms with Gasteiger partial charge in [-0.2, -0.15) is 0 Å². The average Bonchev–Trinajstić information content (AvgIpc) is 2.24. The lowest BCUT2D eigenvalue weighted by atomic mass is 9.77. The Hall–Kier alpha value is -1.06. The van der Waals surface area contributed by atoms with Crippen LogP contribution in [0.4, 0.5) is 0 Å². The van der Waals surface area contributed by atoms with Crippen LogP contribution in [-0.2, 0) is 5.60 Å². The molecule has 1 heterocycles. The lowest BCUT2D eigenvalue weighted by Crippen LogP contribution is -2.47. The van der Waals surface area contributed by atoms with Crippen molar-refractivity contribution in [3.63, 3.8) is 0 Å². The van der Waals surface area contributed by atoms with Gasteiger partial charge in [0.2, 0.25) is 0 Å². The van der Waals surface area contributed by atoms with Crippen LogP contribution in [0, 0.1) is 5.92 Å². The lowest BCUT2D eigenvalue weighted by molar-refractivity contribution is -0.0660. The van der Waals surface area contributed by atoms with Crippen LogP contribution >= 0.6 is 0 Å². The first kappa shape index (κ1) is 11.4. The molecular formula is C13H19NO2. The molecule has 0 bridgehead atoms. The number of nitrogens with zero attached hydrogens (tertiary/aromatic N) is 1. The van der Waals surface area contributed by atoms with Gasteiger partial charge in [-0.15, -0.1) is 0 Å². The van der Waals surface area contributed by atoms with Crippen molar-refractivity contribution in [3.8, 4) is 5.75 Å². The highest BCUT2D eigenvalue weighted by Gasteiger charge is 2.39. The van der Waals surface area contributed by atoms with Crippen LogP contribution in [0.15, 0.2) is 24.3 Å². The van der Waals surface area contributed by atoms with Gasteiger partial charge < -0.3 is 15.1 Å². The Balaban J connectivity index is 2.31. The molecule has 0 unspecified atom stereocenters. The van der Waals surface area contributed by atoms with Crippen molar-refractivity contribution in [1.29, 1.82) is 0 Å². The van der Waals surface area contributed by atoms with E-state index >= 15 is 0 Å². The van der Waals surface area contributed by atoms with Crippen LogP contribution in [-0.4, -0.2) is 35.3 Å². The van der Waals surface area contributed by atoms with Crippen molar-refractivity contribution in [2.75, 3.05) is 20.1 Å². The van der Waals surface area contributed by atoms with E-state index < -0.39 is 5.60 Å². The Kier molecular flexibility index (Phi) is 2.91. The Bertz CT molecular complexity index is 380. The van der Waals surface area contributed by atoms with Crippen molar-refractivity contribution in [2.45, 2.75) is 18.9 Å². The molecule has 16 heavy (non-hydrogen) atoms. The summed E-state index contributed by atoms with van der Waals surface area (Å²) in [6, 6.07) is 6.98. The van der Waals surface area contributed by atoms with E-state index in [2.05, 4.69) is 18.9 Å². The highest BCUT2D eigenvalue weighted by atomic mass is 16.3. The van der Waals surface area contributed by atoms with Crippen molar-refractivity contribution >= 4 is 0 Å². The van der Waals surface area contributed by atoms with Gasteiger partial charge in [0.1, 0.15) is 5.75 Å². The predicted molar refractivity (Wildman–Crippen MR) is 63.3 cm³/mol. The molecular weight excluding hydrogens is 202 g/mol. The number of rotatable bonds is 1. The van der Waals surface area contributed by atoms with Crippen LogP contribution in [0.5, 0.6) is 5.75 Å². The summed E-state index contributed by atoms with van der Waals surface area (Å²) in [6.07, 6.45) is 0.716. The van der Waals surface area contributed by atoms with Crippen LogP contribution in [0.3, 0.4) is 0 Å². The minimum atomic E-state index is -0.800. The SMILES string of the molecule is C[C@H]1CN(C)CC[C@]1(O)c1cccc(O)c1. The summed E-state index contributed by atoms with van der Waals surface area (Å²) in [5.41, 5.74) is 0.0266. The Labute approximate surface area is 96.3 Å². The first-order chi connectivity index (χ1) is 7.52. The Morgan fingerprint density at radius 2 is 2.19 bits per heavy atom. The van der Waals surface area contributed by atoms with E-state index in [4.69, 9.17) is 0 Å². The van der Waals surface area contributed by atoms with Crippen molar-refractivity contribution in [2.24, 2.45) is 5.92 Å². The van der Waals surface area contributed by atoms with Gasteiger partial charge in [-0.05, 0) is 31.2 Å². The number of piperidine rings is 1. The summed E-state index contributed by atoms with van der Waals surface area (Å²) in [5.74, 6) is 0.394. The zero-order chi connectivity index (χ0) is 11.8. The molecule has 0 radical (unpaired) electrons. The fraction of sp³-hybridized carbons (Fsp3) is 0.538. The number of hydrogen-bond acceptors (Lipinski definition) is 3. The van der Waals surface area contributed by atoms with Crippen LogP contribution in [0.2, 0.25) is 0 Å². The van der Waals surface area contributed by atoms with Gasteiger partial charge in [0, 0.05) is 19.0 Å². The van der Waals surface area contributed by atoms with E-state index in [0.717, 1.165) is 18.7 Å². The molecule has 2 rings (SSSR count).